The number of nitrogens with one attached hydrogen (secondary N) is 1. The number of carboxylic acid groups (broad SMARTS) is 1. The summed E-state index contributed by atoms with van der Waals surface area (Å²) in [6, 6.07) is 48.7. The van der Waals surface area contributed by atoms with Gasteiger partial charge in [0.15, 0.2) is 0 Å². The molecule has 0 aliphatic carbocycles. The first kappa shape index (κ1) is 41.8. The standard InChI is InChI=1S/C25H21N3O3.C15H10O2.C10H13N3O2/c29-25(24-22-7-3-1-5-18(22)17-19-6-2-4-8-23(19)24)27-15-13-26(14-16-27)20-9-11-21(12-10-20)28(30)31;16-15(17)14-12-7-3-1-5-10(12)9-11-6-2-4-8-13(11)14;14-13(15)10-3-1-9(2-4-10)12-7-5-11-6-8-12/h1-12,17H,13-16H2;1-9H,(H,16,17);1-4,11H,5-8H2. The van der Waals surface area contributed by atoms with Crippen LogP contribution >= 0.6 is 0 Å². The molecule has 2 aliphatic rings. The minimum Gasteiger partial charge on any atom is -0.478 e. The van der Waals surface area contributed by atoms with Gasteiger partial charge >= 0.3 is 5.97 Å². The molecule has 0 unspecified atom stereocenters. The van der Waals surface area contributed by atoms with Gasteiger partial charge in [0.2, 0.25) is 0 Å². The Hall–Kier alpha value is -7.90. The van der Waals surface area contributed by atoms with Crippen LogP contribution in [0.1, 0.15) is 20.7 Å². The SMILES string of the molecule is O=C(O)c1c2ccccc2cc2ccccc12.O=C(c1c2ccccc2cc2ccccc12)N1CCN(c2ccc([N+](=O)[O-])cc2)CC1.O=[N+]([O-])c1ccc(N2CCNCC2)cc1. The second-order valence-electron chi connectivity index (χ2n) is 15.3. The lowest BCUT2D eigenvalue weighted by atomic mass is 9.95. The van der Waals surface area contributed by atoms with Crippen molar-refractivity contribution in [2.45, 2.75) is 0 Å². The summed E-state index contributed by atoms with van der Waals surface area (Å²) in [7, 11) is 0. The lowest BCUT2D eigenvalue weighted by Crippen LogP contribution is -2.48. The van der Waals surface area contributed by atoms with Crippen molar-refractivity contribution in [2.75, 3.05) is 62.2 Å². The maximum Gasteiger partial charge on any atom is 0.336 e. The second-order valence-corrected chi connectivity index (χ2v) is 15.3. The summed E-state index contributed by atoms with van der Waals surface area (Å²) in [5.74, 6) is -0.825. The molecule has 63 heavy (non-hydrogen) atoms. The number of rotatable bonds is 6. The van der Waals surface area contributed by atoms with Gasteiger partial charge in [-0.2, -0.15) is 0 Å². The Bertz CT molecular complexity index is 2860. The molecule has 2 saturated heterocycles. The fraction of sp³-hybridized carbons (Fsp3) is 0.160. The van der Waals surface area contributed by atoms with Crippen molar-refractivity contribution in [3.63, 3.8) is 0 Å². The number of carboxylic acids is 1. The van der Waals surface area contributed by atoms with Crippen molar-refractivity contribution in [3.05, 3.63) is 189 Å². The highest BCUT2D eigenvalue weighted by atomic mass is 16.6. The van der Waals surface area contributed by atoms with Gasteiger partial charge in [-0.3, -0.25) is 25.0 Å². The fourth-order valence-electron chi connectivity index (χ4n) is 8.31. The van der Waals surface area contributed by atoms with Crippen LogP contribution in [-0.2, 0) is 0 Å². The number of piperazine rings is 2. The molecule has 13 nitrogen and oxygen atoms in total. The summed E-state index contributed by atoms with van der Waals surface area (Å²) in [6.07, 6.45) is 0. The van der Waals surface area contributed by atoms with Gasteiger partial charge in [0, 0.05) is 88.0 Å². The van der Waals surface area contributed by atoms with Gasteiger partial charge < -0.3 is 25.1 Å². The number of amides is 1. The summed E-state index contributed by atoms with van der Waals surface area (Å²) >= 11 is 0. The molecule has 0 radical (unpaired) electrons. The van der Waals surface area contributed by atoms with Crippen LogP contribution < -0.4 is 15.1 Å². The molecule has 13 heteroatoms. The van der Waals surface area contributed by atoms with E-state index < -0.39 is 10.9 Å². The molecule has 8 aromatic rings. The number of nitrogens with zero attached hydrogens (tertiary/aromatic N) is 5. The van der Waals surface area contributed by atoms with Crippen molar-refractivity contribution in [2.24, 2.45) is 0 Å². The molecule has 316 valence electrons. The van der Waals surface area contributed by atoms with E-state index in [-0.39, 0.29) is 22.2 Å². The van der Waals surface area contributed by atoms with Crippen molar-refractivity contribution in [1.29, 1.82) is 0 Å². The van der Waals surface area contributed by atoms with E-state index in [9.17, 15) is 34.9 Å². The summed E-state index contributed by atoms with van der Waals surface area (Å²) in [6.45, 7) is 6.43. The van der Waals surface area contributed by atoms with Gasteiger partial charge in [0.05, 0.1) is 21.0 Å². The number of nitro benzene ring substituents is 2. The zero-order valence-electron chi connectivity index (χ0n) is 34.3. The first-order chi connectivity index (χ1) is 30.7. The Balaban J connectivity index is 0.000000143. The number of hydrogen-bond donors (Lipinski definition) is 2. The van der Waals surface area contributed by atoms with Crippen LogP contribution in [0.4, 0.5) is 22.7 Å². The molecule has 2 aliphatic heterocycles. The Labute approximate surface area is 362 Å². The third kappa shape index (κ3) is 9.24. The largest absolute Gasteiger partial charge is 0.478 e. The Morgan fingerprint density at radius 3 is 1.19 bits per heavy atom. The molecule has 10 rings (SSSR count). The van der Waals surface area contributed by atoms with Gasteiger partial charge in [0.1, 0.15) is 0 Å². The summed E-state index contributed by atoms with van der Waals surface area (Å²) in [4.78, 5) is 51.9. The van der Waals surface area contributed by atoms with E-state index in [1.165, 1.54) is 12.1 Å². The maximum atomic E-state index is 13.6. The van der Waals surface area contributed by atoms with E-state index in [1.807, 2.05) is 120 Å². The molecule has 8 aromatic carbocycles. The van der Waals surface area contributed by atoms with Crippen LogP contribution in [0.15, 0.2) is 158 Å². The molecule has 1 amide bonds. The molecular weight excluding hydrogens is 797 g/mol. The molecule has 2 heterocycles. The van der Waals surface area contributed by atoms with E-state index in [0.717, 1.165) is 86.2 Å². The topological polar surface area (TPSA) is 162 Å². The Morgan fingerprint density at radius 2 is 0.825 bits per heavy atom. The zero-order valence-corrected chi connectivity index (χ0v) is 34.3. The highest BCUT2D eigenvalue weighted by molar-refractivity contribution is 6.18. The summed E-state index contributed by atoms with van der Waals surface area (Å²) in [5.41, 5.74) is 3.38. The van der Waals surface area contributed by atoms with Crippen LogP contribution in [0.3, 0.4) is 0 Å². The molecular formula is C50H44N6O7. The number of non-ortho nitro benzene ring substituents is 2. The van der Waals surface area contributed by atoms with Gasteiger partial charge in [0.25, 0.3) is 17.3 Å². The number of benzene rings is 8. The molecule has 2 fully saturated rings. The van der Waals surface area contributed by atoms with Crippen LogP contribution in [0.25, 0.3) is 43.1 Å². The third-order valence-corrected chi connectivity index (χ3v) is 11.5. The maximum absolute atomic E-state index is 13.6. The van der Waals surface area contributed by atoms with Crippen molar-refractivity contribution in [3.8, 4) is 0 Å². The van der Waals surface area contributed by atoms with Crippen molar-refractivity contribution >= 4 is 77.7 Å². The van der Waals surface area contributed by atoms with E-state index in [0.29, 0.717) is 31.7 Å². The number of carbonyl (C=O) groups is 2. The lowest BCUT2D eigenvalue weighted by molar-refractivity contribution is -0.385. The second kappa shape index (κ2) is 18.8. The molecule has 0 atom stereocenters. The first-order valence-electron chi connectivity index (χ1n) is 20.7. The predicted octanol–water partition coefficient (Wildman–Crippen LogP) is 9.56. The van der Waals surface area contributed by atoms with Crippen molar-refractivity contribution in [1.82, 2.24) is 10.2 Å². The van der Waals surface area contributed by atoms with Gasteiger partial charge in [-0.1, -0.05) is 97.1 Å². The van der Waals surface area contributed by atoms with E-state index >= 15 is 0 Å². The van der Waals surface area contributed by atoms with Gasteiger partial charge in [-0.15, -0.1) is 0 Å². The Kier molecular flexibility index (Phi) is 12.5. The number of carbonyl (C=O) groups excluding carboxylic acids is 1. The summed E-state index contributed by atoms with van der Waals surface area (Å²) < 4.78 is 0. The van der Waals surface area contributed by atoms with Crippen LogP contribution in [0, 0.1) is 20.2 Å². The van der Waals surface area contributed by atoms with Crippen LogP contribution in [-0.4, -0.2) is 84.1 Å². The number of fused-ring (bicyclic) bond motifs is 4. The molecule has 0 saturated carbocycles. The smallest absolute Gasteiger partial charge is 0.336 e. The average molecular weight is 841 g/mol. The monoisotopic (exact) mass is 840 g/mol. The van der Waals surface area contributed by atoms with E-state index in [4.69, 9.17) is 0 Å². The van der Waals surface area contributed by atoms with Gasteiger partial charge in [-0.05, 0) is 79.5 Å². The van der Waals surface area contributed by atoms with Crippen molar-refractivity contribution < 1.29 is 24.5 Å². The van der Waals surface area contributed by atoms with E-state index in [1.54, 1.807) is 24.3 Å². The normalized spacial score (nSPS) is 13.8. The molecule has 0 bridgehead atoms. The number of nitro groups is 2. The molecule has 0 aromatic heterocycles. The highest BCUT2D eigenvalue weighted by Gasteiger charge is 2.25. The molecule has 0 spiro atoms. The summed E-state index contributed by atoms with van der Waals surface area (Å²) in [5, 5.41) is 41.6. The minimum absolute atomic E-state index is 0.0522. The predicted molar refractivity (Wildman–Crippen MR) is 249 cm³/mol. The third-order valence-electron chi connectivity index (χ3n) is 11.5. The first-order valence-corrected chi connectivity index (χ1v) is 20.7. The van der Waals surface area contributed by atoms with Gasteiger partial charge in [-0.25, -0.2) is 4.79 Å². The fourth-order valence-corrected chi connectivity index (χ4v) is 8.31. The number of hydrogen-bond acceptors (Lipinski definition) is 9. The lowest BCUT2D eigenvalue weighted by Gasteiger charge is -2.36. The van der Waals surface area contributed by atoms with E-state index in [2.05, 4.69) is 21.2 Å². The van der Waals surface area contributed by atoms with Crippen LogP contribution in [0.5, 0.6) is 0 Å². The van der Waals surface area contributed by atoms with Crippen LogP contribution in [0.2, 0.25) is 0 Å². The average Bonchev–Trinajstić information content (AvgIpc) is 3.33. The quantitative estimate of drug-likeness (QED) is 0.0937. The highest BCUT2D eigenvalue weighted by Crippen LogP contribution is 2.31. The zero-order chi connectivity index (χ0) is 43.9. The molecule has 2 N–H and O–H groups in total. The Morgan fingerprint density at radius 1 is 0.476 bits per heavy atom. The number of aromatic carboxylic acids is 1. The minimum atomic E-state index is -0.877. The number of anilines is 2.